The van der Waals surface area contributed by atoms with Gasteiger partial charge in [-0.3, -0.25) is 4.79 Å². The van der Waals surface area contributed by atoms with E-state index in [1.165, 1.54) is 0 Å². The molecule has 0 heterocycles. The second kappa shape index (κ2) is 7.49. The Balaban J connectivity index is 1.80. The summed E-state index contributed by atoms with van der Waals surface area (Å²) in [5.74, 6) is 0.904. The van der Waals surface area contributed by atoms with Gasteiger partial charge in [-0.2, -0.15) is 5.10 Å². The van der Waals surface area contributed by atoms with E-state index in [9.17, 15) is 4.79 Å². The standard InChI is InChI=1S/C20H18N2O3/c1-24-17-9-5-6-14(10-17)13-21-22-20(23)18-11-15-7-3-4-8-16(15)12-19(18)25-2/h3-13H,1-2H3,(H,22,23)/b21-13-. The van der Waals surface area contributed by atoms with Gasteiger partial charge in [-0.15, -0.1) is 0 Å². The predicted octanol–water partition coefficient (Wildman–Crippen LogP) is 3.62. The van der Waals surface area contributed by atoms with Gasteiger partial charge in [0, 0.05) is 0 Å². The Morgan fingerprint density at radius 2 is 1.72 bits per heavy atom. The number of methoxy groups -OCH3 is 2. The minimum Gasteiger partial charge on any atom is -0.497 e. The van der Waals surface area contributed by atoms with Crippen LogP contribution in [-0.2, 0) is 0 Å². The average Bonchev–Trinajstić information content (AvgIpc) is 2.67. The van der Waals surface area contributed by atoms with Crippen LogP contribution in [0.2, 0.25) is 0 Å². The number of hydrogen-bond donors (Lipinski definition) is 1. The van der Waals surface area contributed by atoms with Crippen LogP contribution >= 0.6 is 0 Å². The zero-order valence-electron chi connectivity index (χ0n) is 14.0. The molecule has 3 rings (SSSR count). The van der Waals surface area contributed by atoms with Gasteiger partial charge in [0.25, 0.3) is 5.91 Å². The molecule has 0 spiro atoms. The van der Waals surface area contributed by atoms with Crippen LogP contribution in [-0.4, -0.2) is 26.3 Å². The SMILES string of the molecule is COc1cccc(/C=N\NC(=O)c2cc3ccccc3cc2OC)c1. The third-order valence-corrected chi connectivity index (χ3v) is 3.79. The molecular formula is C20H18N2O3. The number of carbonyl (C=O) groups is 1. The average molecular weight is 334 g/mol. The molecule has 126 valence electrons. The quantitative estimate of drug-likeness (QED) is 0.573. The third kappa shape index (κ3) is 3.77. The van der Waals surface area contributed by atoms with Crippen molar-refractivity contribution in [3.63, 3.8) is 0 Å². The summed E-state index contributed by atoms with van der Waals surface area (Å²) in [6.07, 6.45) is 1.56. The van der Waals surface area contributed by atoms with Crippen molar-refractivity contribution in [2.75, 3.05) is 14.2 Å². The molecule has 0 saturated carbocycles. The number of hydrogen-bond acceptors (Lipinski definition) is 4. The lowest BCUT2D eigenvalue weighted by Gasteiger charge is -2.09. The summed E-state index contributed by atoms with van der Waals surface area (Å²) in [6.45, 7) is 0. The van der Waals surface area contributed by atoms with Crippen LogP contribution in [0.3, 0.4) is 0 Å². The monoisotopic (exact) mass is 334 g/mol. The molecule has 0 aliphatic carbocycles. The molecule has 3 aromatic carbocycles. The summed E-state index contributed by atoms with van der Waals surface area (Å²) >= 11 is 0. The van der Waals surface area contributed by atoms with Gasteiger partial charge in [0.05, 0.1) is 26.0 Å². The fraction of sp³-hybridized carbons (Fsp3) is 0.100. The summed E-state index contributed by atoms with van der Waals surface area (Å²) in [5.41, 5.74) is 3.79. The number of rotatable bonds is 5. The van der Waals surface area contributed by atoms with E-state index in [1.54, 1.807) is 26.5 Å². The van der Waals surface area contributed by atoms with Crippen molar-refractivity contribution in [2.24, 2.45) is 5.10 Å². The summed E-state index contributed by atoms with van der Waals surface area (Å²) in [7, 11) is 3.14. The molecule has 0 aliphatic rings. The van der Waals surface area contributed by atoms with Crippen LogP contribution in [0.1, 0.15) is 15.9 Å². The van der Waals surface area contributed by atoms with Gasteiger partial charge in [0.15, 0.2) is 0 Å². The van der Waals surface area contributed by atoms with Crippen molar-refractivity contribution >= 4 is 22.9 Å². The maximum atomic E-state index is 12.5. The topological polar surface area (TPSA) is 59.9 Å². The molecule has 5 nitrogen and oxygen atoms in total. The molecule has 0 aromatic heterocycles. The number of hydrazone groups is 1. The van der Waals surface area contributed by atoms with Crippen LogP contribution in [0.5, 0.6) is 11.5 Å². The molecule has 5 heteroatoms. The highest BCUT2D eigenvalue weighted by Crippen LogP contribution is 2.25. The number of carbonyl (C=O) groups excluding carboxylic acids is 1. The van der Waals surface area contributed by atoms with Crippen molar-refractivity contribution < 1.29 is 14.3 Å². The first kappa shape index (κ1) is 16.5. The van der Waals surface area contributed by atoms with Crippen molar-refractivity contribution in [3.8, 4) is 11.5 Å². The van der Waals surface area contributed by atoms with Gasteiger partial charge in [-0.05, 0) is 40.6 Å². The Morgan fingerprint density at radius 1 is 0.960 bits per heavy atom. The first-order valence-electron chi connectivity index (χ1n) is 7.75. The van der Waals surface area contributed by atoms with E-state index in [4.69, 9.17) is 9.47 Å². The van der Waals surface area contributed by atoms with E-state index in [0.29, 0.717) is 11.3 Å². The molecule has 0 saturated heterocycles. The smallest absolute Gasteiger partial charge is 0.275 e. The van der Waals surface area contributed by atoms with E-state index in [0.717, 1.165) is 22.1 Å². The number of nitrogens with zero attached hydrogens (tertiary/aromatic N) is 1. The van der Waals surface area contributed by atoms with E-state index in [2.05, 4.69) is 10.5 Å². The lowest BCUT2D eigenvalue weighted by Crippen LogP contribution is -2.18. The number of benzene rings is 3. The van der Waals surface area contributed by atoms with Crippen LogP contribution in [0.25, 0.3) is 10.8 Å². The van der Waals surface area contributed by atoms with Crippen LogP contribution in [0.15, 0.2) is 65.8 Å². The zero-order chi connectivity index (χ0) is 17.6. The van der Waals surface area contributed by atoms with Crippen LogP contribution in [0, 0.1) is 0 Å². The lowest BCUT2D eigenvalue weighted by atomic mass is 10.1. The highest BCUT2D eigenvalue weighted by Gasteiger charge is 2.13. The summed E-state index contributed by atoms with van der Waals surface area (Å²) < 4.78 is 10.5. The fourth-order valence-corrected chi connectivity index (χ4v) is 2.51. The molecule has 0 unspecified atom stereocenters. The van der Waals surface area contributed by atoms with Crippen molar-refractivity contribution in [2.45, 2.75) is 0 Å². The minimum absolute atomic E-state index is 0.332. The Labute approximate surface area is 145 Å². The Kier molecular flexibility index (Phi) is 4.95. The third-order valence-electron chi connectivity index (χ3n) is 3.79. The normalized spacial score (nSPS) is 10.8. The molecule has 25 heavy (non-hydrogen) atoms. The fourth-order valence-electron chi connectivity index (χ4n) is 2.51. The lowest BCUT2D eigenvalue weighted by molar-refractivity contribution is 0.0952. The Hall–Kier alpha value is -3.34. The molecule has 0 radical (unpaired) electrons. The molecular weight excluding hydrogens is 316 g/mol. The maximum Gasteiger partial charge on any atom is 0.275 e. The molecule has 0 bridgehead atoms. The molecule has 1 amide bonds. The minimum atomic E-state index is -0.332. The molecule has 0 atom stereocenters. The van der Waals surface area contributed by atoms with Gasteiger partial charge >= 0.3 is 0 Å². The van der Waals surface area contributed by atoms with Crippen molar-refractivity contribution in [1.29, 1.82) is 0 Å². The van der Waals surface area contributed by atoms with Crippen molar-refractivity contribution in [1.82, 2.24) is 5.43 Å². The summed E-state index contributed by atoms with van der Waals surface area (Å²) in [4.78, 5) is 12.5. The second-order valence-corrected chi connectivity index (χ2v) is 5.38. The number of fused-ring (bicyclic) bond motifs is 1. The Bertz CT molecular complexity index is 935. The largest absolute Gasteiger partial charge is 0.497 e. The number of nitrogens with one attached hydrogen (secondary N) is 1. The van der Waals surface area contributed by atoms with Gasteiger partial charge in [-0.1, -0.05) is 36.4 Å². The maximum absolute atomic E-state index is 12.5. The zero-order valence-corrected chi connectivity index (χ0v) is 14.0. The van der Waals surface area contributed by atoms with Crippen LogP contribution < -0.4 is 14.9 Å². The van der Waals surface area contributed by atoms with Gasteiger partial charge in [0.1, 0.15) is 11.5 Å². The van der Waals surface area contributed by atoms with Crippen molar-refractivity contribution in [3.05, 3.63) is 71.8 Å². The van der Waals surface area contributed by atoms with Gasteiger partial charge in [-0.25, -0.2) is 5.43 Å². The van der Waals surface area contributed by atoms with E-state index >= 15 is 0 Å². The number of amides is 1. The molecule has 3 aromatic rings. The summed E-state index contributed by atoms with van der Waals surface area (Å²) in [6, 6.07) is 18.8. The Morgan fingerprint density at radius 3 is 2.44 bits per heavy atom. The van der Waals surface area contributed by atoms with Crippen LogP contribution in [0.4, 0.5) is 0 Å². The van der Waals surface area contributed by atoms with E-state index in [-0.39, 0.29) is 5.91 Å². The highest BCUT2D eigenvalue weighted by molar-refractivity contribution is 6.01. The number of ether oxygens (including phenoxy) is 2. The predicted molar refractivity (Wildman–Crippen MR) is 98.6 cm³/mol. The molecule has 0 fully saturated rings. The van der Waals surface area contributed by atoms with E-state index in [1.807, 2.05) is 54.6 Å². The summed E-state index contributed by atoms with van der Waals surface area (Å²) in [5, 5.41) is 5.99. The van der Waals surface area contributed by atoms with Gasteiger partial charge < -0.3 is 9.47 Å². The molecule has 0 aliphatic heterocycles. The second-order valence-electron chi connectivity index (χ2n) is 5.38. The first-order valence-corrected chi connectivity index (χ1v) is 7.75. The molecule has 1 N–H and O–H groups in total. The first-order chi connectivity index (χ1) is 12.2. The van der Waals surface area contributed by atoms with Gasteiger partial charge in [0.2, 0.25) is 0 Å². The highest BCUT2D eigenvalue weighted by atomic mass is 16.5. The van der Waals surface area contributed by atoms with E-state index < -0.39 is 0 Å².